The first-order chi connectivity index (χ1) is 20.5. The van der Waals surface area contributed by atoms with Gasteiger partial charge in [0, 0.05) is 25.2 Å². The number of hydrogen-bond donors (Lipinski definition) is 3. The summed E-state index contributed by atoms with van der Waals surface area (Å²) in [7, 11) is -2.53. The Morgan fingerprint density at radius 1 is 0.977 bits per heavy atom. The van der Waals surface area contributed by atoms with E-state index in [-0.39, 0.29) is 38.6 Å². The summed E-state index contributed by atoms with van der Waals surface area (Å²) in [5.74, 6) is -1.23. The predicted molar refractivity (Wildman–Crippen MR) is 169 cm³/mol. The number of methoxy groups -OCH3 is 1. The van der Waals surface area contributed by atoms with Gasteiger partial charge in [0.1, 0.15) is 4.90 Å². The smallest absolute Gasteiger partial charge is 0.331 e. The third kappa shape index (κ3) is 7.85. The topological polar surface area (TPSA) is 143 Å². The van der Waals surface area contributed by atoms with Crippen molar-refractivity contribution in [1.29, 1.82) is 0 Å². The Morgan fingerprint density at radius 3 is 2.23 bits per heavy atom. The minimum atomic E-state index is -3.78. The molecule has 43 heavy (non-hydrogen) atoms. The molecule has 228 valence electrons. The van der Waals surface area contributed by atoms with Crippen LogP contribution in [-0.4, -0.2) is 56.8 Å². The van der Waals surface area contributed by atoms with Crippen LogP contribution in [-0.2, 0) is 26.0 Å². The van der Waals surface area contributed by atoms with Gasteiger partial charge >= 0.3 is 5.97 Å². The van der Waals surface area contributed by atoms with Crippen LogP contribution in [0.2, 0.25) is 10.0 Å². The Kier molecular flexibility index (Phi) is 10.7. The molecule has 4 rings (SSSR count). The molecule has 1 atom stereocenters. The molecule has 1 fully saturated rings. The van der Waals surface area contributed by atoms with Gasteiger partial charge in [0.25, 0.3) is 5.91 Å². The number of rotatable bonds is 9. The number of anilines is 2. The van der Waals surface area contributed by atoms with Gasteiger partial charge in [0.05, 0.1) is 28.4 Å². The van der Waals surface area contributed by atoms with E-state index in [9.17, 15) is 18.0 Å². The molecule has 10 nitrogen and oxygen atoms in total. The summed E-state index contributed by atoms with van der Waals surface area (Å²) < 4.78 is 33.5. The molecule has 0 spiro atoms. The van der Waals surface area contributed by atoms with Crippen molar-refractivity contribution in [3.63, 3.8) is 0 Å². The number of aliphatic imine (C=N–C) groups is 1. The van der Waals surface area contributed by atoms with Gasteiger partial charge in [0.2, 0.25) is 10.0 Å². The molecule has 0 radical (unpaired) electrons. The largest absolute Gasteiger partial charge is 0.467 e. The second-order valence-corrected chi connectivity index (χ2v) is 12.7. The van der Waals surface area contributed by atoms with E-state index in [1.54, 1.807) is 67.6 Å². The number of nitrogens with one attached hydrogen (secondary N) is 2. The minimum absolute atomic E-state index is 0.125. The lowest BCUT2D eigenvalue weighted by Crippen LogP contribution is -2.37. The van der Waals surface area contributed by atoms with Crippen molar-refractivity contribution >= 4 is 62.4 Å². The van der Waals surface area contributed by atoms with E-state index in [0.717, 1.165) is 19.3 Å². The molecule has 1 amide bonds. The molecule has 0 unspecified atom stereocenters. The van der Waals surface area contributed by atoms with E-state index < -0.39 is 27.9 Å². The van der Waals surface area contributed by atoms with Crippen LogP contribution in [0.4, 0.5) is 11.4 Å². The molecule has 0 aliphatic carbocycles. The Morgan fingerprint density at radius 2 is 1.60 bits per heavy atom. The maximum atomic E-state index is 13.5. The summed E-state index contributed by atoms with van der Waals surface area (Å²) in [6, 6.07) is 15.6. The van der Waals surface area contributed by atoms with E-state index in [1.807, 2.05) is 0 Å². The average molecular weight is 647 g/mol. The van der Waals surface area contributed by atoms with Crippen molar-refractivity contribution in [2.45, 2.75) is 43.5 Å². The lowest BCUT2D eigenvalue weighted by Gasteiger charge is -2.27. The van der Waals surface area contributed by atoms with Gasteiger partial charge < -0.3 is 21.1 Å². The number of aryl methyl sites for hydroxylation is 1. The van der Waals surface area contributed by atoms with Crippen LogP contribution in [0.15, 0.2) is 70.6 Å². The summed E-state index contributed by atoms with van der Waals surface area (Å²) >= 11 is 12.3. The summed E-state index contributed by atoms with van der Waals surface area (Å²) in [4.78, 5) is 29.8. The molecule has 0 aromatic heterocycles. The maximum absolute atomic E-state index is 13.5. The third-order valence-electron chi connectivity index (χ3n) is 6.99. The number of guanidine groups is 1. The van der Waals surface area contributed by atoms with E-state index in [0.29, 0.717) is 29.9 Å². The molecular weight excluding hydrogens is 613 g/mol. The highest BCUT2D eigenvalue weighted by atomic mass is 35.5. The number of amides is 1. The van der Waals surface area contributed by atoms with Crippen molar-refractivity contribution in [2.75, 3.05) is 30.8 Å². The highest BCUT2D eigenvalue weighted by molar-refractivity contribution is 7.89. The number of hydrogen-bond acceptors (Lipinski definition) is 6. The lowest BCUT2D eigenvalue weighted by atomic mass is 10.1. The summed E-state index contributed by atoms with van der Waals surface area (Å²) in [5.41, 5.74) is 8.41. The first-order valence-corrected chi connectivity index (χ1v) is 15.8. The SMILES string of the molecule is COC(=O)[C@H](Cc1ccc(NC(=O)c2c(Cl)cccc2Cl)cc1)N=C(N)Nc1cccc(C)c1S(=O)(=O)N1CCCCC1. The Bertz CT molecular complexity index is 1600. The second kappa shape index (κ2) is 14.2. The van der Waals surface area contributed by atoms with Crippen molar-refractivity contribution in [1.82, 2.24) is 4.31 Å². The fourth-order valence-electron chi connectivity index (χ4n) is 4.84. The van der Waals surface area contributed by atoms with Crippen molar-refractivity contribution in [3.05, 3.63) is 87.4 Å². The van der Waals surface area contributed by atoms with Crippen LogP contribution in [0.3, 0.4) is 0 Å². The maximum Gasteiger partial charge on any atom is 0.331 e. The molecule has 3 aromatic rings. The first kappa shape index (κ1) is 32.3. The van der Waals surface area contributed by atoms with Gasteiger partial charge in [-0.3, -0.25) is 4.79 Å². The second-order valence-electron chi connectivity index (χ2n) is 10.0. The van der Waals surface area contributed by atoms with Crippen molar-refractivity contribution in [2.24, 2.45) is 10.7 Å². The number of sulfonamides is 1. The zero-order chi connectivity index (χ0) is 31.1. The van der Waals surface area contributed by atoms with Crippen LogP contribution in [0.25, 0.3) is 0 Å². The quantitative estimate of drug-likeness (QED) is 0.164. The summed E-state index contributed by atoms with van der Waals surface area (Å²) in [6.45, 7) is 2.64. The van der Waals surface area contributed by atoms with Gasteiger partial charge in [-0.05, 0) is 61.2 Å². The van der Waals surface area contributed by atoms with Gasteiger partial charge in [-0.2, -0.15) is 4.31 Å². The molecule has 1 heterocycles. The lowest BCUT2D eigenvalue weighted by molar-refractivity contribution is -0.142. The number of piperidine rings is 1. The summed E-state index contributed by atoms with van der Waals surface area (Å²) in [5, 5.41) is 6.10. The molecule has 3 aromatic carbocycles. The molecule has 1 aliphatic heterocycles. The van der Waals surface area contributed by atoms with Crippen LogP contribution >= 0.6 is 23.2 Å². The highest BCUT2D eigenvalue weighted by Crippen LogP contribution is 2.30. The Balaban J connectivity index is 1.51. The monoisotopic (exact) mass is 645 g/mol. The number of nitrogens with two attached hydrogens (primary N) is 1. The predicted octanol–water partition coefficient (Wildman–Crippen LogP) is 5.24. The van der Waals surface area contributed by atoms with Crippen molar-refractivity contribution in [3.8, 4) is 0 Å². The van der Waals surface area contributed by atoms with E-state index in [2.05, 4.69) is 15.6 Å². The van der Waals surface area contributed by atoms with Gasteiger partial charge in [-0.25, -0.2) is 18.2 Å². The van der Waals surface area contributed by atoms with E-state index >= 15 is 0 Å². The fraction of sp³-hybridized carbons (Fsp3) is 0.300. The number of carbonyl (C=O) groups excluding carboxylic acids is 2. The van der Waals surface area contributed by atoms with Crippen LogP contribution < -0.4 is 16.4 Å². The first-order valence-electron chi connectivity index (χ1n) is 13.6. The summed E-state index contributed by atoms with van der Waals surface area (Å²) in [6.07, 6.45) is 2.74. The molecule has 1 saturated heterocycles. The van der Waals surface area contributed by atoms with Crippen LogP contribution in [0.5, 0.6) is 0 Å². The van der Waals surface area contributed by atoms with Crippen LogP contribution in [0.1, 0.15) is 40.7 Å². The fourth-order valence-corrected chi connectivity index (χ4v) is 7.28. The number of benzene rings is 3. The van der Waals surface area contributed by atoms with Gasteiger partial charge in [0.15, 0.2) is 12.0 Å². The number of halogens is 2. The molecular formula is C30H33Cl2N5O5S. The standard InChI is InChI=1S/C30H33Cl2N5O5S/c1-19-8-6-11-24(27(19)43(40,41)37-16-4-3-5-17-37)35-30(33)36-25(29(39)42-2)18-20-12-14-21(15-13-20)34-28(38)26-22(31)9-7-10-23(26)32/h6-15,25H,3-5,16-18H2,1-2H3,(H,34,38)(H3,33,35,36)/t25-/m0/s1. The Hall–Kier alpha value is -3.64. The Labute approximate surface area is 261 Å². The minimum Gasteiger partial charge on any atom is -0.467 e. The third-order valence-corrected chi connectivity index (χ3v) is 9.72. The number of carbonyl (C=O) groups is 2. The van der Waals surface area contributed by atoms with E-state index in [1.165, 1.54) is 11.4 Å². The molecule has 0 bridgehead atoms. The van der Waals surface area contributed by atoms with Crippen LogP contribution in [0, 0.1) is 6.92 Å². The van der Waals surface area contributed by atoms with E-state index in [4.69, 9.17) is 33.7 Å². The zero-order valence-corrected chi connectivity index (χ0v) is 26.1. The normalized spacial score (nSPS) is 15.0. The molecule has 4 N–H and O–H groups in total. The average Bonchev–Trinajstić information content (AvgIpc) is 2.97. The van der Waals surface area contributed by atoms with Crippen molar-refractivity contribution < 1.29 is 22.7 Å². The van der Waals surface area contributed by atoms with Gasteiger partial charge in [-0.1, -0.05) is 60.0 Å². The van der Waals surface area contributed by atoms with Gasteiger partial charge in [-0.15, -0.1) is 0 Å². The molecule has 1 aliphatic rings. The molecule has 13 heteroatoms. The highest BCUT2D eigenvalue weighted by Gasteiger charge is 2.30. The number of nitrogens with zero attached hydrogens (tertiary/aromatic N) is 2. The molecule has 0 saturated carbocycles. The number of ether oxygens (including phenoxy) is 1. The number of esters is 1. The zero-order valence-electron chi connectivity index (χ0n) is 23.8.